The van der Waals surface area contributed by atoms with Gasteiger partial charge in [0.1, 0.15) is 0 Å². The predicted molar refractivity (Wildman–Crippen MR) is 112 cm³/mol. The molecule has 0 aliphatic carbocycles. The van der Waals surface area contributed by atoms with E-state index < -0.39 is 10.0 Å². The van der Waals surface area contributed by atoms with Gasteiger partial charge in [0.2, 0.25) is 15.9 Å². The first-order valence-corrected chi connectivity index (χ1v) is 10.8. The minimum atomic E-state index is -3.50. The number of amides is 1. The summed E-state index contributed by atoms with van der Waals surface area (Å²) in [7, 11) is -3.50. The van der Waals surface area contributed by atoms with Gasteiger partial charge in [-0.1, -0.05) is 35.4 Å². The molecule has 5 nitrogen and oxygen atoms in total. The molecule has 0 radical (unpaired) electrons. The van der Waals surface area contributed by atoms with E-state index in [4.69, 9.17) is 0 Å². The Morgan fingerprint density at radius 3 is 2.00 bits per heavy atom. The molecule has 0 saturated carbocycles. The Labute approximate surface area is 162 Å². The highest BCUT2D eigenvalue weighted by Gasteiger charge is 2.22. The van der Waals surface area contributed by atoms with E-state index in [-0.39, 0.29) is 18.9 Å². The SMILES string of the molecule is Cc1ccc(NC(=O)CCN(c2c(C)cc(C)cc2C)S(C)(=O)=O)c(C)c1. The van der Waals surface area contributed by atoms with Crippen molar-refractivity contribution >= 4 is 27.3 Å². The van der Waals surface area contributed by atoms with Crippen LogP contribution in [0.4, 0.5) is 11.4 Å². The van der Waals surface area contributed by atoms with Crippen molar-refractivity contribution in [1.82, 2.24) is 0 Å². The third-order valence-electron chi connectivity index (χ3n) is 4.48. The van der Waals surface area contributed by atoms with E-state index in [0.717, 1.165) is 33.5 Å². The lowest BCUT2D eigenvalue weighted by Crippen LogP contribution is -2.34. The number of aryl methyl sites for hydroxylation is 5. The van der Waals surface area contributed by atoms with Crippen molar-refractivity contribution < 1.29 is 13.2 Å². The molecule has 0 atom stereocenters. The molecule has 0 aromatic heterocycles. The second kappa shape index (κ2) is 8.13. The van der Waals surface area contributed by atoms with Crippen molar-refractivity contribution in [3.8, 4) is 0 Å². The molecule has 6 heteroatoms. The van der Waals surface area contributed by atoms with E-state index in [2.05, 4.69) is 5.32 Å². The van der Waals surface area contributed by atoms with Gasteiger partial charge < -0.3 is 5.32 Å². The topological polar surface area (TPSA) is 66.5 Å². The fourth-order valence-corrected chi connectivity index (χ4v) is 4.42. The van der Waals surface area contributed by atoms with Gasteiger partial charge in [-0.15, -0.1) is 0 Å². The Morgan fingerprint density at radius 2 is 1.48 bits per heavy atom. The van der Waals surface area contributed by atoms with Crippen molar-refractivity contribution in [2.45, 2.75) is 41.0 Å². The number of benzene rings is 2. The molecule has 1 amide bonds. The zero-order chi connectivity index (χ0) is 20.4. The summed E-state index contributed by atoms with van der Waals surface area (Å²) in [6.45, 7) is 9.79. The molecule has 27 heavy (non-hydrogen) atoms. The minimum absolute atomic E-state index is 0.0765. The third kappa shape index (κ3) is 5.32. The van der Waals surface area contributed by atoms with E-state index in [0.29, 0.717) is 5.69 Å². The molecule has 2 aromatic rings. The summed E-state index contributed by atoms with van der Waals surface area (Å²) in [5.74, 6) is -0.210. The highest BCUT2D eigenvalue weighted by molar-refractivity contribution is 7.92. The summed E-state index contributed by atoms with van der Waals surface area (Å²) < 4.78 is 26.1. The smallest absolute Gasteiger partial charge is 0.232 e. The highest BCUT2D eigenvalue weighted by Crippen LogP contribution is 2.28. The van der Waals surface area contributed by atoms with Crippen LogP contribution in [0.15, 0.2) is 30.3 Å². The van der Waals surface area contributed by atoms with Gasteiger partial charge in [0.05, 0.1) is 11.9 Å². The van der Waals surface area contributed by atoms with Crippen molar-refractivity contribution in [2.24, 2.45) is 0 Å². The Morgan fingerprint density at radius 1 is 0.926 bits per heavy atom. The average Bonchev–Trinajstić information content (AvgIpc) is 2.51. The molecule has 0 fully saturated rings. The number of nitrogens with zero attached hydrogens (tertiary/aromatic N) is 1. The van der Waals surface area contributed by atoms with Gasteiger partial charge in [-0.2, -0.15) is 0 Å². The first-order chi connectivity index (χ1) is 12.5. The number of carbonyl (C=O) groups excluding carboxylic acids is 1. The van der Waals surface area contributed by atoms with Crippen molar-refractivity contribution in [3.63, 3.8) is 0 Å². The van der Waals surface area contributed by atoms with E-state index >= 15 is 0 Å². The molecular weight excluding hydrogens is 360 g/mol. The van der Waals surface area contributed by atoms with Crippen LogP contribution in [-0.2, 0) is 14.8 Å². The first-order valence-electron chi connectivity index (χ1n) is 8.91. The second-order valence-electron chi connectivity index (χ2n) is 7.20. The predicted octanol–water partition coefficient (Wildman–Crippen LogP) is 4.02. The minimum Gasteiger partial charge on any atom is -0.326 e. The Balaban J connectivity index is 2.20. The van der Waals surface area contributed by atoms with Gasteiger partial charge in [-0.3, -0.25) is 9.10 Å². The Kier molecular flexibility index (Phi) is 6.31. The number of nitrogens with one attached hydrogen (secondary N) is 1. The maximum Gasteiger partial charge on any atom is 0.232 e. The Hall–Kier alpha value is -2.34. The molecule has 1 N–H and O–H groups in total. The number of hydrogen-bond donors (Lipinski definition) is 1. The van der Waals surface area contributed by atoms with Crippen LogP contribution in [0.5, 0.6) is 0 Å². The van der Waals surface area contributed by atoms with Crippen LogP contribution < -0.4 is 9.62 Å². The summed E-state index contributed by atoms with van der Waals surface area (Å²) in [5, 5.41) is 2.87. The van der Waals surface area contributed by atoms with Gasteiger partial charge in [-0.05, 0) is 57.4 Å². The number of rotatable bonds is 6. The summed E-state index contributed by atoms with van der Waals surface area (Å²) in [5.41, 5.74) is 6.35. The van der Waals surface area contributed by atoms with Gasteiger partial charge in [-0.25, -0.2) is 8.42 Å². The maximum atomic E-state index is 12.4. The molecule has 0 spiro atoms. The number of carbonyl (C=O) groups is 1. The summed E-state index contributed by atoms with van der Waals surface area (Å²) >= 11 is 0. The van der Waals surface area contributed by atoms with E-state index in [1.54, 1.807) is 0 Å². The first kappa shape index (κ1) is 21.0. The van der Waals surface area contributed by atoms with Gasteiger partial charge in [0.15, 0.2) is 0 Å². The molecule has 0 heterocycles. The lowest BCUT2D eigenvalue weighted by Gasteiger charge is -2.26. The van der Waals surface area contributed by atoms with Gasteiger partial charge in [0, 0.05) is 18.7 Å². The lowest BCUT2D eigenvalue weighted by molar-refractivity contribution is -0.116. The molecule has 2 aromatic carbocycles. The van der Waals surface area contributed by atoms with Crippen molar-refractivity contribution in [3.05, 3.63) is 58.1 Å². The molecule has 0 aliphatic rings. The fourth-order valence-electron chi connectivity index (χ4n) is 3.38. The van der Waals surface area contributed by atoms with Crippen LogP contribution in [0.3, 0.4) is 0 Å². The lowest BCUT2D eigenvalue weighted by atomic mass is 10.0. The zero-order valence-corrected chi connectivity index (χ0v) is 17.7. The molecule has 146 valence electrons. The number of sulfonamides is 1. The zero-order valence-electron chi connectivity index (χ0n) is 16.9. The van der Waals surface area contributed by atoms with Crippen LogP contribution in [-0.4, -0.2) is 27.1 Å². The fraction of sp³-hybridized carbons (Fsp3) is 0.381. The number of hydrogen-bond acceptors (Lipinski definition) is 3. The molecule has 0 bridgehead atoms. The molecule has 2 rings (SSSR count). The monoisotopic (exact) mass is 388 g/mol. The summed E-state index contributed by atoms with van der Waals surface area (Å²) in [4.78, 5) is 12.4. The van der Waals surface area contributed by atoms with Crippen molar-refractivity contribution in [1.29, 1.82) is 0 Å². The molecule has 0 unspecified atom stereocenters. The van der Waals surface area contributed by atoms with E-state index in [1.165, 1.54) is 10.6 Å². The van der Waals surface area contributed by atoms with Crippen molar-refractivity contribution in [2.75, 3.05) is 22.4 Å². The molecular formula is C21H28N2O3S. The normalized spacial score (nSPS) is 11.3. The second-order valence-corrected chi connectivity index (χ2v) is 9.11. The van der Waals surface area contributed by atoms with Crippen LogP contribution in [0.25, 0.3) is 0 Å². The van der Waals surface area contributed by atoms with E-state index in [9.17, 15) is 13.2 Å². The van der Waals surface area contributed by atoms with Crippen LogP contribution in [0.2, 0.25) is 0 Å². The van der Waals surface area contributed by atoms with Crippen LogP contribution in [0, 0.1) is 34.6 Å². The number of anilines is 2. The van der Waals surface area contributed by atoms with Crippen LogP contribution in [0.1, 0.15) is 34.2 Å². The third-order valence-corrected chi connectivity index (χ3v) is 5.65. The highest BCUT2D eigenvalue weighted by atomic mass is 32.2. The molecule has 0 saturated heterocycles. The van der Waals surface area contributed by atoms with E-state index in [1.807, 2.05) is 65.0 Å². The quantitative estimate of drug-likeness (QED) is 0.813. The maximum absolute atomic E-state index is 12.4. The summed E-state index contributed by atoms with van der Waals surface area (Å²) in [6.07, 6.45) is 1.25. The largest absolute Gasteiger partial charge is 0.326 e. The molecule has 0 aliphatic heterocycles. The van der Waals surface area contributed by atoms with Gasteiger partial charge in [0.25, 0.3) is 0 Å². The summed E-state index contributed by atoms with van der Waals surface area (Å²) in [6, 6.07) is 9.71. The Bertz CT molecular complexity index is 942. The average molecular weight is 389 g/mol. The standard InChI is InChI=1S/C21H28N2O3S/c1-14-7-8-19(16(3)11-14)22-20(24)9-10-23(27(6,25)26)21-17(4)12-15(2)13-18(21)5/h7-8,11-13H,9-10H2,1-6H3,(H,22,24). The van der Waals surface area contributed by atoms with Gasteiger partial charge >= 0.3 is 0 Å². The van der Waals surface area contributed by atoms with Crippen LogP contribution >= 0.6 is 0 Å².